The second-order valence-electron chi connectivity index (χ2n) is 7.33. The largest absolute Gasteiger partial charge is 0.444 e. The van der Waals surface area contributed by atoms with Gasteiger partial charge in [0, 0.05) is 22.4 Å². The van der Waals surface area contributed by atoms with E-state index < -0.39 is 17.2 Å². The van der Waals surface area contributed by atoms with E-state index in [0.29, 0.717) is 16.9 Å². The molecule has 7 heteroatoms. The number of hydrogen-bond donors (Lipinski definition) is 3. The van der Waals surface area contributed by atoms with Crippen molar-refractivity contribution in [3.63, 3.8) is 0 Å². The molecule has 1 rings (SSSR count). The topological polar surface area (TPSA) is 94.3 Å². The Balaban J connectivity index is 3.03. The van der Waals surface area contributed by atoms with Crippen molar-refractivity contribution in [1.82, 2.24) is 0 Å². The van der Waals surface area contributed by atoms with Gasteiger partial charge >= 0.3 is 6.09 Å². The van der Waals surface area contributed by atoms with Crippen LogP contribution in [0.5, 0.6) is 0 Å². The number of nitroso groups, excluding NO2 is 1. The number of benzene rings is 1. The van der Waals surface area contributed by atoms with Gasteiger partial charge in [0.2, 0.25) is 6.54 Å². The third-order valence-electron chi connectivity index (χ3n) is 2.98. The summed E-state index contributed by atoms with van der Waals surface area (Å²) in [6.07, 6.45) is 0.577. The van der Waals surface area contributed by atoms with Crippen LogP contribution in [0.15, 0.2) is 18.2 Å². The van der Waals surface area contributed by atoms with Crippen LogP contribution in [0.1, 0.15) is 40.2 Å². The summed E-state index contributed by atoms with van der Waals surface area (Å²) in [5.74, 6) is 0. The predicted octanol–water partition coefficient (Wildman–Crippen LogP) is 3.63. The third kappa shape index (κ3) is 6.36. The Bertz CT molecular complexity index is 633. The standard InChI is InChI=1S/C17H26N4O3/c1-16(2,3)24-15(22)19-13-8-7-9-14(12(13)10-18)20-17(4,5)11-21(6)23/h7-10H,11H2,1-6H3,(H2-,18,19,20,22)/p+1. The molecule has 0 aromatic heterocycles. The molecule has 1 aromatic carbocycles. The molecule has 0 saturated carbocycles. The molecule has 24 heavy (non-hydrogen) atoms. The van der Waals surface area contributed by atoms with Crippen molar-refractivity contribution in [3.05, 3.63) is 28.7 Å². The van der Waals surface area contributed by atoms with Gasteiger partial charge in [0.05, 0.1) is 11.2 Å². The fourth-order valence-electron chi connectivity index (χ4n) is 2.31. The zero-order valence-corrected chi connectivity index (χ0v) is 15.2. The number of likely N-dealkylation sites (N-methyl/N-ethyl adjacent to an activating group) is 1. The highest BCUT2D eigenvalue weighted by Crippen LogP contribution is 2.26. The Labute approximate surface area is 142 Å². The summed E-state index contributed by atoms with van der Waals surface area (Å²) in [7, 11) is 1.46. The quantitative estimate of drug-likeness (QED) is 0.546. The van der Waals surface area contributed by atoms with Gasteiger partial charge in [-0.3, -0.25) is 5.32 Å². The average Bonchev–Trinajstić information content (AvgIpc) is 2.34. The van der Waals surface area contributed by atoms with Gasteiger partial charge < -0.3 is 15.5 Å². The van der Waals surface area contributed by atoms with Gasteiger partial charge in [-0.25, -0.2) is 4.79 Å². The highest BCUT2D eigenvalue weighted by Gasteiger charge is 2.26. The first kappa shape index (κ1) is 19.6. The molecule has 0 fully saturated rings. The van der Waals surface area contributed by atoms with E-state index in [4.69, 9.17) is 10.1 Å². The summed E-state index contributed by atoms with van der Waals surface area (Å²) in [6, 6.07) is 5.26. The van der Waals surface area contributed by atoms with Crippen LogP contribution in [-0.4, -0.2) is 41.8 Å². The van der Waals surface area contributed by atoms with Crippen molar-refractivity contribution in [1.29, 1.82) is 5.41 Å². The van der Waals surface area contributed by atoms with Crippen LogP contribution < -0.4 is 10.6 Å². The molecule has 0 aliphatic carbocycles. The van der Waals surface area contributed by atoms with E-state index in [1.54, 1.807) is 39.0 Å². The third-order valence-corrected chi connectivity index (χ3v) is 2.98. The first-order valence-electron chi connectivity index (χ1n) is 7.73. The number of nitrogens with one attached hydrogen (secondary N) is 3. The Morgan fingerprint density at radius 1 is 1.25 bits per heavy atom. The molecular weight excluding hydrogens is 308 g/mol. The minimum Gasteiger partial charge on any atom is -0.444 e. The van der Waals surface area contributed by atoms with Crippen LogP contribution >= 0.6 is 0 Å². The molecule has 7 nitrogen and oxygen atoms in total. The lowest BCUT2D eigenvalue weighted by molar-refractivity contribution is -0.525. The maximum absolute atomic E-state index is 12.0. The molecule has 0 atom stereocenters. The fraction of sp³-hybridized carbons (Fsp3) is 0.529. The Morgan fingerprint density at radius 3 is 2.33 bits per heavy atom. The van der Waals surface area contributed by atoms with Gasteiger partial charge in [0.25, 0.3) is 0 Å². The second-order valence-corrected chi connectivity index (χ2v) is 7.33. The number of amides is 1. The van der Waals surface area contributed by atoms with Crippen molar-refractivity contribution < 1.29 is 14.3 Å². The molecular formula is C17H27N4O3+. The predicted molar refractivity (Wildman–Crippen MR) is 96.3 cm³/mol. The molecule has 0 saturated heterocycles. The summed E-state index contributed by atoms with van der Waals surface area (Å²) in [6.45, 7) is 9.40. The van der Waals surface area contributed by atoms with Crippen LogP contribution in [0.3, 0.4) is 0 Å². The van der Waals surface area contributed by atoms with Crippen molar-refractivity contribution >= 4 is 23.7 Å². The van der Waals surface area contributed by atoms with E-state index in [2.05, 4.69) is 10.6 Å². The van der Waals surface area contributed by atoms with Gasteiger partial charge in [-0.05, 0) is 51.5 Å². The number of carbonyl (C=O) groups excluding carboxylic acids is 1. The number of anilines is 2. The van der Waals surface area contributed by atoms with E-state index in [1.807, 2.05) is 13.8 Å². The van der Waals surface area contributed by atoms with Crippen molar-refractivity contribution in [2.45, 2.75) is 45.8 Å². The highest BCUT2D eigenvalue weighted by molar-refractivity contribution is 5.98. The SMILES string of the molecule is C[N+](=O)CC(C)(C)Nc1cccc(NC(=O)OC(C)(C)C)c1C=N. The first-order valence-corrected chi connectivity index (χ1v) is 7.73. The maximum atomic E-state index is 12.0. The van der Waals surface area contributed by atoms with E-state index in [1.165, 1.54) is 7.05 Å². The lowest BCUT2D eigenvalue weighted by Crippen LogP contribution is -2.39. The van der Waals surface area contributed by atoms with Crippen LogP contribution in [-0.2, 0) is 4.74 Å². The Morgan fingerprint density at radius 2 is 1.83 bits per heavy atom. The van der Waals surface area contributed by atoms with Crippen LogP contribution in [0, 0.1) is 10.3 Å². The van der Waals surface area contributed by atoms with Gasteiger partial charge in [0.15, 0.2) is 7.05 Å². The molecule has 1 amide bonds. The number of rotatable bonds is 6. The number of nitrogens with zero attached hydrogens (tertiary/aromatic N) is 1. The van der Waals surface area contributed by atoms with E-state index >= 15 is 0 Å². The fourth-order valence-corrected chi connectivity index (χ4v) is 2.31. The first-order chi connectivity index (χ1) is 10.9. The zero-order valence-electron chi connectivity index (χ0n) is 15.2. The molecule has 0 spiro atoms. The molecule has 0 bridgehead atoms. The molecule has 0 heterocycles. The summed E-state index contributed by atoms with van der Waals surface area (Å²) < 4.78 is 6.09. The number of carbonyl (C=O) groups is 1. The van der Waals surface area contributed by atoms with Crippen molar-refractivity contribution in [2.75, 3.05) is 24.2 Å². The molecule has 0 aliphatic heterocycles. The van der Waals surface area contributed by atoms with Crippen molar-refractivity contribution in [3.8, 4) is 0 Å². The van der Waals surface area contributed by atoms with Gasteiger partial charge in [-0.15, -0.1) is 0 Å². The molecule has 0 radical (unpaired) electrons. The summed E-state index contributed by atoms with van der Waals surface area (Å²) >= 11 is 0. The molecule has 3 N–H and O–H groups in total. The summed E-state index contributed by atoms with van der Waals surface area (Å²) in [5, 5.41) is 13.6. The van der Waals surface area contributed by atoms with Crippen LogP contribution in [0.4, 0.5) is 16.2 Å². The monoisotopic (exact) mass is 335 g/mol. The zero-order chi connectivity index (χ0) is 18.5. The second kappa shape index (κ2) is 7.42. The van der Waals surface area contributed by atoms with Gasteiger partial charge in [-0.2, -0.15) is 0 Å². The molecule has 0 unspecified atom stereocenters. The van der Waals surface area contributed by atoms with Gasteiger partial charge in [-0.1, -0.05) is 6.07 Å². The minimum atomic E-state index is -0.606. The minimum absolute atomic E-state index is 0.272. The molecule has 1 aromatic rings. The van der Waals surface area contributed by atoms with Crippen LogP contribution in [0.25, 0.3) is 0 Å². The Hall–Kier alpha value is -2.44. The lowest BCUT2D eigenvalue weighted by atomic mass is 10.0. The van der Waals surface area contributed by atoms with E-state index in [0.717, 1.165) is 11.0 Å². The highest BCUT2D eigenvalue weighted by atomic mass is 16.6. The normalized spacial score (nSPS) is 11.6. The van der Waals surface area contributed by atoms with E-state index in [-0.39, 0.29) is 6.54 Å². The number of hydrogen-bond acceptors (Lipinski definition) is 5. The molecule has 132 valence electrons. The Kier molecular flexibility index (Phi) is 6.06. The smallest absolute Gasteiger partial charge is 0.412 e. The lowest BCUT2D eigenvalue weighted by Gasteiger charge is -2.25. The summed E-state index contributed by atoms with van der Waals surface area (Å²) in [5.41, 5.74) is 0.538. The maximum Gasteiger partial charge on any atom is 0.412 e. The van der Waals surface area contributed by atoms with E-state index in [9.17, 15) is 9.70 Å². The average molecular weight is 335 g/mol. The van der Waals surface area contributed by atoms with Crippen LogP contribution in [0.2, 0.25) is 0 Å². The molecule has 0 aliphatic rings. The van der Waals surface area contributed by atoms with Crippen molar-refractivity contribution in [2.24, 2.45) is 0 Å². The van der Waals surface area contributed by atoms with Gasteiger partial charge in [0.1, 0.15) is 5.60 Å². The summed E-state index contributed by atoms with van der Waals surface area (Å²) in [4.78, 5) is 23.3. The number of ether oxygens (including phenoxy) is 1.